The SMILES string of the molecule is CCc1ccc2oc(-c3ccc(Cl)c(NC(=O)c4ccc(-c5cccc(Cl)c5)o4)c3)nc2c1. The molecule has 0 aliphatic heterocycles. The van der Waals surface area contributed by atoms with E-state index in [9.17, 15) is 4.79 Å². The van der Waals surface area contributed by atoms with Crippen LogP contribution in [0.3, 0.4) is 0 Å². The first-order valence-corrected chi connectivity index (χ1v) is 11.1. The number of carbonyl (C=O) groups is 1. The van der Waals surface area contributed by atoms with Crippen LogP contribution in [0.4, 0.5) is 5.69 Å². The van der Waals surface area contributed by atoms with Crippen molar-refractivity contribution in [2.75, 3.05) is 5.32 Å². The molecule has 0 unspecified atom stereocenters. The van der Waals surface area contributed by atoms with Crippen molar-refractivity contribution in [1.29, 1.82) is 0 Å². The summed E-state index contributed by atoms with van der Waals surface area (Å²) < 4.78 is 11.6. The molecule has 0 aliphatic carbocycles. The summed E-state index contributed by atoms with van der Waals surface area (Å²) in [5, 5.41) is 3.78. The van der Waals surface area contributed by atoms with E-state index < -0.39 is 5.91 Å². The molecule has 5 aromatic rings. The van der Waals surface area contributed by atoms with Crippen molar-refractivity contribution in [2.24, 2.45) is 0 Å². The number of fused-ring (bicyclic) bond motifs is 1. The molecule has 164 valence electrons. The molecule has 2 heterocycles. The Hall–Kier alpha value is -3.54. The van der Waals surface area contributed by atoms with E-state index in [4.69, 9.17) is 32.0 Å². The molecule has 0 saturated heterocycles. The van der Waals surface area contributed by atoms with E-state index in [0.29, 0.717) is 38.5 Å². The minimum atomic E-state index is -0.424. The van der Waals surface area contributed by atoms with Crippen molar-refractivity contribution in [3.05, 3.63) is 94.2 Å². The Balaban J connectivity index is 1.40. The largest absolute Gasteiger partial charge is 0.451 e. The number of aryl methyl sites for hydroxylation is 1. The van der Waals surface area contributed by atoms with Gasteiger partial charge in [0.2, 0.25) is 5.89 Å². The zero-order valence-corrected chi connectivity index (χ0v) is 19.1. The first-order valence-electron chi connectivity index (χ1n) is 10.4. The molecule has 0 aliphatic rings. The first-order chi connectivity index (χ1) is 16.0. The fourth-order valence-corrected chi connectivity index (χ4v) is 3.87. The maximum Gasteiger partial charge on any atom is 0.291 e. The Morgan fingerprint density at radius 1 is 0.939 bits per heavy atom. The molecule has 2 aromatic heterocycles. The lowest BCUT2D eigenvalue weighted by Crippen LogP contribution is -2.11. The Morgan fingerprint density at radius 3 is 2.64 bits per heavy atom. The second kappa shape index (κ2) is 8.77. The van der Waals surface area contributed by atoms with Crippen LogP contribution in [0, 0.1) is 0 Å². The summed E-state index contributed by atoms with van der Waals surface area (Å²) in [6, 6.07) is 21.7. The second-order valence-electron chi connectivity index (χ2n) is 7.50. The van der Waals surface area contributed by atoms with Gasteiger partial charge in [0.05, 0.1) is 10.7 Å². The normalized spacial score (nSPS) is 11.1. The minimum absolute atomic E-state index is 0.153. The van der Waals surface area contributed by atoms with Gasteiger partial charge in [-0.3, -0.25) is 4.79 Å². The molecule has 0 saturated carbocycles. The summed E-state index contributed by atoms with van der Waals surface area (Å²) in [6.07, 6.45) is 0.918. The van der Waals surface area contributed by atoms with Gasteiger partial charge in [-0.2, -0.15) is 0 Å². The zero-order chi connectivity index (χ0) is 22.9. The van der Waals surface area contributed by atoms with Crippen LogP contribution in [0.2, 0.25) is 10.0 Å². The van der Waals surface area contributed by atoms with Crippen LogP contribution in [0.5, 0.6) is 0 Å². The van der Waals surface area contributed by atoms with Gasteiger partial charge in [0.1, 0.15) is 11.3 Å². The quantitative estimate of drug-likeness (QED) is 0.280. The monoisotopic (exact) mass is 476 g/mol. The predicted molar refractivity (Wildman–Crippen MR) is 131 cm³/mol. The second-order valence-corrected chi connectivity index (χ2v) is 8.34. The van der Waals surface area contributed by atoms with E-state index in [2.05, 4.69) is 17.2 Å². The number of carbonyl (C=O) groups excluding carboxylic acids is 1. The number of anilines is 1. The molecule has 3 aromatic carbocycles. The molecule has 5 rings (SSSR count). The minimum Gasteiger partial charge on any atom is -0.451 e. The maximum absolute atomic E-state index is 12.8. The molecular formula is C26H18Cl2N2O3. The van der Waals surface area contributed by atoms with Crippen LogP contribution < -0.4 is 5.32 Å². The van der Waals surface area contributed by atoms with Gasteiger partial charge in [-0.1, -0.05) is 48.3 Å². The van der Waals surface area contributed by atoms with Crippen LogP contribution in [0.15, 0.2) is 81.6 Å². The number of aromatic nitrogens is 1. The van der Waals surface area contributed by atoms with Gasteiger partial charge in [-0.25, -0.2) is 4.98 Å². The van der Waals surface area contributed by atoms with Crippen LogP contribution in [-0.2, 0) is 6.42 Å². The van der Waals surface area contributed by atoms with Gasteiger partial charge < -0.3 is 14.2 Å². The fourth-order valence-electron chi connectivity index (χ4n) is 3.51. The average molecular weight is 477 g/mol. The van der Waals surface area contributed by atoms with E-state index in [-0.39, 0.29) is 5.76 Å². The van der Waals surface area contributed by atoms with Crippen LogP contribution >= 0.6 is 23.2 Å². The number of nitrogens with zero attached hydrogens (tertiary/aromatic N) is 1. The van der Waals surface area contributed by atoms with Crippen LogP contribution in [0.1, 0.15) is 23.0 Å². The smallest absolute Gasteiger partial charge is 0.291 e. The molecular weight excluding hydrogens is 459 g/mol. The number of rotatable bonds is 5. The number of furan rings is 1. The lowest BCUT2D eigenvalue weighted by atomic mass is 10.1. The molecule has 0 fully saturated rings. The summed E-state index contributed by atoms with van der Waals surface area (Å²) in [5.74, 6) is 0.722. The molecule has 5 nitrogen and oxygen atoms in total. The van der Waals surface area contributed by atoms with Gasteiger partial charge in [-0.15, -0.1) is 0 Å². The lowest BCUT2D eigenvalue weighted by molar-refractivity contribution is 0.0997. The highest BCUT2D eigenvalue weighted by molar-refractivity contribution is 6.34. The Labute approximate surface area is 200 Å². The average Bonchev–Trinajstić information content (AvgIpc) is 3.47. The van der Waals surface area contributed by atoms with Gasteiger partial charge in [-0.05, 0) is 66.6 Å². The molecule has 33 heavy (non-hydrogen) atoms. The van der Waals surface area contributed by atoms with E-state index in [1.807, 2.05) is 30.3 Å². The van der Waals surface area contributed by atoms with Gasteiger partial charge in [0.25, 0.3) is 5.91 Å². The third kappa shape index (κ3) is 4.38. The van der Waals surface area contributed by atoms with E-state index in [1.54, 1.807) is 42.5 Å². The number of hydrogen-bond donors (Lipinski definition) is 1. The summed E-state index contributed by atoms with van der Waals surface area (Å²) in [5.41, 5.74) is 4.58. The molecule has 1 amide bonds. The summed E-state index contributed by atoms with van der Waals surface area (Å²) in [7, 11) is 0. The number of oxazole rings is 1. The lowest BCUT2D eigenvalue weighted by Gasteiger charge is -2.07. The fraction of sp³-hybridized carbons (Fsp3) is 0.0769. The summed E-state index contributed by atoms with van der Waals surface area (Å²) in [6.45, 7) is 2.09. The Bertz CT molecular complexity index is 1490. The van der Waals surface area contributed by atoms with Crippen LogP contribution in [0.25, 0.3) is 33.9 Å². The van der Waals surface area contributed by atoms with Gasteiger partial charge in [0, 0.05) is 16.1 Å². The third-order valence-electron chi connectivity index (χ3n) is 5.26. The molecule has 0 radical (unpaired) electrons. The Kier molecular flexibility index (Phi) is 5.67. The third-order valence-corrected chi connectivity index (χ3v) is 5.83. The molecule has 0 spiro atoms. The van der Waals surface area contributed by atoms with E-state index >= 15 is 0 Å². The van der Waals surface area contributed by atoms with Crippen molar-refractivity contribution in [2.45, 2.75) is 13.3 Å². The van der Waals surface area contributed by atoms with Crippen molar-refractivity contribution in [3.8, 4) is 22.8 Å². The number of benzene rings is 3. The van der Waals surface area contributed by atoms with E-state index in [0.717, 1.165) is 17.5 Å². The first kappa shape index (κ1) is 21.3. The van der Waals surface area contributed by atoms with Gasteiger partial charge >= 0.3 is 0 Å². The molecule has 1 N–H and O–H groups in total. The maximum atomic E-state index is 12.8. The number of halogens is 2. The van der Waals surface area contributed by atoms with Crippen molar-refractivity contribution >= 4 is 45.9 Å². The van der Waals surface area contributed by atoms with Gasteiger partial charge in [0.15, 0.2) is 11.3 Å². The molecule has 0 atom stereocenters. The zero-order valence-electron chi connectivity index (χ0n) is 17.6. The predicted octanol–water partition coefficient (Wildman–Crippen LogP) is 7.88. The standard InChI is InChI=1S/C26H18Cl2N2O3/c1-2-15-6-9-23-21(12-15)30-26(33-23)17-7-8-19(28)20(14-17)29-25(31)24-11-10-22(32-24)16-4-3-5-18(27)13-16/h3-14H,2H2,1H3,(H,29,31). The molecule has 0 bridgehead atoms. The highest BCUT2D eigenvalue weighted by Gasteiger charge is 2.16. The van der Waals surface area contributed by atoms with Crippen molar-refractivity contribution in [3.63, 3.8) is 0 Å². The molecule has 7 heteroatoms. The Morgan fingerprint density at radius 2 is 1.82 bits per heavy atom. The topological polar surface area (TPSA) is 68.3 Å². The van der Waals surface area contributed by atoms with E-state index in [1.165, 1.54) is 5.56 Å². The number of nitrogens with one attached hydrogen (secondary N) is 1. The number of hydrogen-bond acceptors (Lipinski definition) is 4. The summed E-state index contributed by atoms with van der Waals surface area (Å²) >= 11 is 12.4. The van der Waals surface area contributed by atoms with Crippen LogP contribution in [-0.4, -0.2) is 10.9 Å². The van der Waals surface area contributed by atoms with Crippen molar-refractivity contribution in [1.82, 2.24) is 4.98 Å². The highest BCUT2D eigenvalue weighted by atomic mass is 35.5. The summed E-state index contributed by atoms with van der Waals surface area (Å²) in [4.78, 5) is 17.4. The number of amides is 1. The van der Waals surface area contributed by atoms with Crippen molar-refractivity contribution < 1.29 is 13.6 Å². The highest BCUT2D eigenvalue weighted by Crippen LogP contribution is 2.32.